The third kappa shape index (κ3) is 4.47. The standard InChI is InChI=1S/C19H24N4O/c20-18-3-1-17(2-4-18)14-22-19(24)23-11-7-16(8-12-23)13-15-5-9-21-10-6-15/h1-6,9-10,16H,7-8,11-14,20H2,(H,22,24). The Morgan fingerprint density at radius 2 is 1.75 bits per heavy atom. The normalized spacial score (nSPS) is 15.2. The van der Waals surface area contributed by atoms with E-state index in [-0.39, 0.29) is 6.03 Å². The van der Waals surface area contributed by atoms with Gasteiger partial charge in [-0.15, -0.1) is 0 Å². The van der Waals surface area contributed by atoms with E-state index in [1.165, 1.54) is 5.56 Å². The third-order valence-corrected chi connectivity index (χ3v) is 4.60. The summed E-state index contributed by atoms with van der Waals surface area (Å²) in [6.07, 6.45) is 6.86. The molecular weight excluding hydrogens is 300 g/mol. The quantitative estimate of drug-likeness (QED) is 0.850. The zero-order valence-corrected chi connectivity index (χ0v) is 13.8. The molecule has 1 saturated heterocycles. The van der Waals surface area contributed by atoms with Crippen molar-refractivity contribution in [2.45, 2.75) is 25.8 Å². The average molecular weight is 324 g/mol. The molecule has 24 heavy (non-hydrogen) atoms. The van der Waals surface area contributed by atoms with Crippen LogP contribution in [0.2, 0.25) is 0 Å². The van der Waals surface area contributed by atoms with E-state index in [0.717, 1.165) is 43.6 Å². The number of nitrogens with two attached hydrogens (primary N) is 1. The number of nitrogens with zero attached hydrogens (tertiary/aromatic N) is 2. The maximum absolute atomic E-state index is 12.3. The molecule has 2 amide bonds. The van der Waals surface area contributed by atoms with E-state index < -0.39 is 0 Å². The van der Waals surface area contributed by atoms with Crippen LogP contribution in [0.3, 0.4) is 0 Å². The molecule has 0 unspecified atom stereocenters. The summed E-state index contributed by atoms with van der Waals surface area (Å²) in [7, 11) is 0. The number of rotatable bonds is 4. The number of amides is 2. The van der Waals surface area contributed by atoms with Gasteiger partial charge in [0.1, 0.15) is 0 Å². The molecule has 0 saturated carbocycles. The highest BCUT2D eigenvalue weighted by molar-refractivity contribution is 5.74. The number of aromatic nitrogens is 1. The summed E-state index contributed by atoms with van der Waals surface area (Å²) in [6.45, 7) is 2.18. The van der Waals surface area contributed by atoms with Crippen molar-refractivity contribution < 1.29 is 4.79 Å². The van der Waals surface area contributed by atoms with Gasteiger partial charge in [0.25, 0.3) is 0 Å². The highest BCUT2D eigenvalue weighted by atomic mass is 16.2. The summed E-state index contributed by atoms with van der Waals surface area (Å²) in [4.78, 5) is 18.3. The van der Waals surface area contributed by atoms with Crippen LogP contribution in [0.4, 0.5) is 10.5 Å². The van der Waals surface area contributed by atoms with Crippen molar-refractivity contribution in [3.63, 3.8) is 0 Å². The van der Waals surface area contributed by atoms with E-state index >= 15 is 0 Å². The molecule has 0 spiro atoms. The Bertz CT molecular complexity index is 649. The van der Waals surface area contributed by atoms with Gasteiger partial charge in [0.15, 0.2) is 0 Å². The van der Waals surface area contributed by atoms with E-state index in [1.54, 1.807) is 0 Å². The molecule has 0 bridgehead atoms. The van der Waals surface area contributed by atoms with Crippen molar-refractivity contribution in [2.75, 3.05) is 18.8 Å². The van der Waals surface area contributed by atoms with Crippen LogP contribution in [0, 0.1) is 5.92 Å². The van der Waals surface area contributed by atoms with Crippen molar-refractivity contribution in [3.8, 4) is 0 Å². The molecule has 2 heterocycles. The van der Waals surface area contributed by atoms with Crippen molar-refractivity contribution >= 4 is 11.7 Å². The van der Waals surface area contributed by atoms with Crippen LogP contribution in [0.15, 0.2) is 48.8 Å². The fourth-order valence-corrected chi connectivity index (χ4v) is 3.12. The number of hydrogen-bond donors (Lipinski definition) is 2. The predicted octanol–water partition coefficient (Wildman–Crippen LogP) is 2.83. The monoisotopic (exact) mass is 324 g/mol. The number of benzene rings is 1. The molecule has 1 aromatic heterocycles. The van der Waals surface area contributed by atoms with Crippen LogP contribution in [0.5, 0.6) is 0 Å². The van der Waals surface area contributed by atoms with E-state index in [2.05, 4.69) is 22.4 Å². The van der Waals surface area contributed by atoms with Crippen LogP contribution >= 0.6 is 0 Å². The zero-order valence-electron chi connectivity index (χ0n) is 13.8. The van der Waals surface area contributed by atoms with Gasteiger partial charge in [0.05, 0.1) is 0 Å². The minimum Gasteiger partial charge on any atom is -0.399 e. The third-order valence-electron chi connectivity index (χ3n) is 4.60. The van der Waals surface area contributed by atoms with E-state index in [9.17, 15) is 4.79 Å². The number of hydrogen-bond acceptors (Lipinski definition) is 3. The SMILES string of the molecule is Nc1ccc(CNC(=O)N2CCC(Cc3ccncc3)CC2)cc1. The van der Waals surface area contributed by atoms with Gasteiger partial charge >= 0.3 is 6.03 Å². The Kier molecular flexibility index (Phi) is 5.31. The summed E-state index contributed by atoms with van der Waals surface area (Å²) in [5.74, 6) is 0.647. The smallest absolute Gasteiger partial charge is 0.317 e. The van der Waals surface area contributed by atoms with Crippen LogP contribution in [0.1, 0.15) is 24.0 Å². The molecule has 1 aromatic carbocycles. The molecule has 126 valence electrons. The van der Waals surface area contributed by atoms with Gasteiger partial charge in [-0.3, -0.25) is 4.98 Å². The van der Waals surface area contributed by atoms with Gasteiger partial charge in [0.2, 0.25) is 0 Å². The minimum absolute atomic E-state index is 0.0224. The van der Waals surface area contributed by atoms with Gasteiger partial charge in [-0.25, -0.2) is 4.79 Å². The van der Waals surface area contributed by atoms with E-state index in [1.807, 2.05) is 41.6 Å². The van der Waals surface area contributed by atoms with Crippen molar-refractivity contribution in [1.29, 1.82) is 0 Å². The summed E-state index contributed by atoms with van der Waals surface area (Å²) in [6, 6.07) is 11.8. The fourth-order valence-electron chi connectivity index (χ4n) is 3.12. The molecular formula is C19H24N4O. The Morgan fingerprint density at radius 1 is 1.08 bits per heavy atom. The van der Waals surface area contributed by atoms with Gasteiger partial charge < -0.3 is 16.0 Å². The molecule has 3 rings (SSSR count). The summed E-state index contributed by atoms with van der Waals surface area (Å²) in [5.41, 5.74) is 8.80. The maximum atomic E-state index is 12.3. The topological polar surface area (TPSA) is 71.2 Å². The highest BCUT2D eigenvalue weighted by Crippen LogP contribution is 2.21. The van der Waals surface area contributed by atoms with Gasteiger partial charge in [-0.1, -0.05) is 12.1 Å². The number of carbonyl (C=O) groups is 1. The Labute approximate surface area is 142 Å². The number of carbonyl (C=O) groups excluding carboxylic acids is 1. The summed E-state index contributed by atoms with van der Waals surface area (Å²) in [5, 5.41) is 2.99. The second-order valence-electron chi connectivity index (χ2n) is 6.39. The molecule has 1 fully saturated rings. The van der Waals surface area contributed by atoms with Crippen molar-refractivity contribution in [2.24, 2.45) is 5.92 Å². The first-order chi connectivity index (χ1) is 11.7. The maximum Gasteiger partial charge on any atom is 0.317 e. The number of likely N-dealkylation sites (tertiary alicyclic amines) is 1. The van der Waals surface area contributed by atoms with Crippen LogP contribution < -0.4 is 11.1 Å². The lowest BCUT2D eigenvalue weighted by atomic mass is 9.90. The molecule has 1 aliphatic heterocycles. The lowest BCUT2D eigenvalue weighted by molar-refractivity contribution is 0.170. The fraction of sp³-hybridized carbons (Fsp3) is 0.368. The molecule has 2 aromatic rings. The number of piperidine rings is 1. The lowest BCUT2D eigenvalue weighted by Crippen LogP contribution is -2.44. The number of nitrogens with one attached hydrogen (secondary N) is 1. The summed E-state index contributed by atoms with van der Waals surface area (Å²) < 4.78 is 0. The molecule has 5 heteroatoms. The van der Waals surface area contributed by atoms with Crippen LogP contribution in [-0.4, -0.2) is 29.0 Å². The predicted molar refractivity (Wildman–Crippen MR) is 95.3 cm³/mol. The van der Waals surface area contributed by atoms with Gasteiger partial charge in [0, 0.05) is 37.7 Å². The summed E-state index contributed by atoms with van der Waals surface area (Å²) >= 11 is 0. The Balaban J connectivity index is 1.42. The molecule has 1 aliphatic rings. The first-order valence-electron chi connectivity index (χ1n) is 8.47. The largest absolute Gasteiger partial charge is 0.399 e. The number of urea groups is 1. The Hall–Kier alpha value is -2.56. The number of nitrogen functional groups attached to an aromatic ring is 1. The molecule has 0 atom stereocenters. The molecule has 0 aliphatic carbocycles. The van der Waals surface area contributed by atoms with Crippen molar-refractivity contribution in [3.05, 3.63) is 59.9 Å². The van der Waals surface area contributed by atoms with Crippen LogP contribution in [-0.2, 0) is 13.0 Å². The molecule has 0 radical (unpaired) electrons. The molecule has 3 N–H and O–H groups in total. The Morgan fingerprint density at radius 3 is 2.42 bits per heavy atom. The average Bonchev–Trinajstić information content (AvgIpc) is 2.62. The first-order valence-corrected chi connectivity index (χ1v) is 8.47. The first kappa shape index (κ1) is 16.3. The van der Waals surface area contributed by atoms with Gasteiger partial charge in [-0.05, 0) is 60.6 Å². The number of anilines is 1. The lowest BCUT2D eigenvalue weighted by Gasteiger charge is -2.32. The molecule has 5 nitrogen and oxygen atoms in total. The van der Waals surface area contributed by atoms with Crippen molar-refractivity contribution in [1.82, 2.24) is 15.2 Å². The van der Waals surface area contributed by atoms with E-state index in [4.69, 9.17) is 5.73 Å². The zero-order chi connectivity index (χ0) is 16.8. The number of pyridine rings is 1. The second kappa shape index (κ2) is 7.81. The second-order valence-corrected chi connectivity index (χ2v) is 6.39. The van der Waals surface area contributed by atoms with Crippen LogP contribution in [0.25, 0.3) is 0 Å². The minimum atomic E-state index is 0.0224. The van der Waals surface area contributed by atoms with Gasteiger partial charge in [-0.2, -0.15) is 0 Å². The van der Waals surface area contributed by atoms with E-state index in [0.29, 0.717) is 12.5 Å². The highest BCUT2D eigenvalue weighted by Gasteiger charge is 2.22.